The van der Waals surface area contributed by atoms with Gasteiger partial charge in [-0.15, -0.1) is 5.60 Å². The van der Waals surface area contributed by atoms with Gasteiger partial charge in [0.05, 0.1) is 98.4 Å². The van der Waals surface area contributed by atoms with Crippen molar-refractivity contribution in [3.8, 4) is 6.07 Å². The molecule has 20 atom stereocenters. The van der Waals surface area contributed by atoms with E-state index < -0.39 is 87.7 Å². The molecule has 1 amide bonds. The van der Waals surface area contributed by atoms with Crippen LogP contribution in [0, 0.1) is 11.3 Å². The number of anilines is 6. The summed E-state index contributed by atoms with van der Waals surface area (Å²) in [4.78, 5) is 28.3. The van der Waals surface area contributed by atoms with Gasteiger partial charge in [0.1, 0.15) is 30.6 Å². The van der Waals surface area contributed by atoms with E-state index in [9.17, 15) is 40.4 Å². The molecule has 28 heteroatoms. The molecule has 14 heterocycles. The monoisotopic (exact) mass is 1910 g/mol. The Morgan fingerprint density at radius 2 is 0.789 bits per heavy atom. The van der Waals surface area contributed by atoms with Crippen molar-refractivity contribution in [3.05, 3.63) is 177 Å². The van der Waals surface area contributed by atoms with E-state index in [1.165, 1.54) is 51.1 Å². The van der Waals surface area contributed by atoms with Gasteiger partial charge in [-0.05, 0) is 204 Å². The van der Waals surface area contributed by atoms with Gasteiger partial charge in [0.25, 0.3) is 0 Å². The van der Waals surface area contributed by atoms with E-state index in [4.69, 9.17) is 14.2 Å². The van der Waals surface area contributed by atoms with Crippen LogP contribution in [0.3, 0.4) is 0 Å². The largest absolute Gasteiger partial charge is 1.00 e. The molecule has 3 aliphatic carbocycles. The summed E-state index contributed by atoms with van der Waals surface area (Å²) in [7, 11) is -9.25. The number of para-hydroxylation sites is 3. The van der Waals surface area contributed by atoms with Gasteiger partial charge in [-0.25, -0.2) is 33.9 Å². The first-order valence-electron chi connectivity index (χ1n) is 49.2. The molecule has 8 fully saturated rings. The number of nitrogens with zero attached hydrogens (tertiary/aromatic N) is 10. The molecule has 0 N–H and O–H groups in total. The summed E-state index contributed by atoms with van der Waals surface area (Å²) >= 11 is 0. The Labute approximate surface area is 810 Å². The minimum absolute atomic E-state index is 0. The number of fused-ring (bicyclic) bond motifs is 6. The Morgan fingerprint density at radius 3 is 1.23 bits per heavy atom. The molecule has 6 aromatic rings. The van der Waals surface area contributed by atoms with Crippen molar-refractivity contribution in [2.24, 2.45) is 0 Å². The number of benzene rings is 6. The van der Waals surface area contributed by atoms with Gasteiger partial charge in [-0.3, -0.25) is 18.9 Å². The van der Waals surface area contributed by atoms with Crippen LogP contribution < -0.4 is 51.6 Å². The van der Waals surface area contributed by atoms with Crippen LogP contribution in [0.5, 0.6) is 0 Å². The number of likely N-dealkylation sites (tertiary alicyclic amines) is 1. The molecular formula is C105H147LiN10O11S3Si3. The van der Waals surface area contributed by atoms with Crippen molar-refractivity contribution >= 4 is 94.3 Å². The molecule has 0 radical (unpaired) electrons. The second kappa shape index (κ2) is 32.0. The topological polar surface area (TPSA) is 233 Å². The Hall–Kier alpha value is -6.06. The molecule has 6 saturated heterocycles. The number of hydrogen-bond acceptors (Lipinski definition) is 17. The van der Waals surface area contributed by atoms with Gasteiger partial charge in [0.2, 0.25) is 36.0 Å². The minimum atomic E-state index is -3.68. The molecule has 14 aliphatic heterocycles. The molecule has 6 aromatic carbocycles. The van der Waals surface area contributed by atoms with Crippen molar-refractivity contribution in [3.63, 3.8) is 0 Å². The molecule has 2 unspecified atom stereocenters. The van der Waals surface area contributed by atoms with E-state index in [-0.39, 0.29) is 138 Å². The number of ether oxygens (including phenoxy) is 3. The molecule has 0 aromatic heterocycles. The van der Waals surface area contributed by atoms with Crippen LogP contribution in [0.4, 0.5) is 34.1 Å². The maximum atomic E-state index is 14.8. The van der Waals surface area contributed by atoms with Crippen LogP contribution >= 0.6 is 0 Å². The van der Waals surface area contributed by atoms with Gasteiger partial charge in [0, 0.05) is 122 Å². The first-order chi connectivity index (χ1) is 61.4. The zero-order valence-electron chi connectivity index (χ0n) is 82.8. The van der Waals surface area contributed by atoms with Crippen LogP contribution in [0.2, 0.25) is 77.1 Å². The summed E-state index contributed by atoms with van der Waals surface area (Å²) in [6, 6.07) is 50.2. The van der Waals surface area contributed by atoms with E-state index >= 15 is 0 Å². The fourth-order valence-corrected chi connectivity index (χ4v) is 44.3. The SMILES string of the molecule is C.CC(C)(C)[O-].CCC(=O)N1CC[C@@]23c4ccccc4N(S(=O)(=O)CC[Si](C)(C)C)[C@@H]4N(C)c5cccc6c5[C@@]42CCN([C@@H]13)[C@@H]6[C@H]1OC1(C)C.CN1c2cccc3c2[C@@]([C@]24CCC[C@H]2N(S(=O)(=O)CC[Si](C)(C)C)c2ccccc24)(CCC[C@@H]3[C@H]2OC2(C)C)[C@H]1C#N.CN1c2cccc3c2[C@]24CCN([C@H]5CCC[C@]52c2ccccc2N(S(=O)(=O)CC[Si](C)(C)C)[C@H]14)[C@@H]3[C@H]1OC1(C)C.[Li+]. The summed E-state index contributed by atoms with van der Waals surface area (Å²) in [5.74, 6) is 0.996. The van der Waals surface area contributed by atoms with E-state index in [0.29, 0.717) is 25.1 Å². The quantitative estimate of drug-likeness (QED) is 0.0610. The van der Waals surface area contributed by atoms with Gasteiger partial charge < -0.3 is 38.9 Å². The van der Waals surface area contributed by atoms with Crippen molar-refractivity contribution in [2.75, 3.05) is 85.7 Å². The maximum Gasteiger partial charge on any atom is 1.00 e. The van der Waals surface area contributed by atoms with Gasteiger partial charge in [-0.2, -0.15) is 5.26 Å². The third-order valence-corrected chi connectivity index (χ3v) is 46.6. The molecule has 23 rings (SSSR count). The number of hydrogen-bond donors (Lipinski definition) is 0. The first kappa shape index (κ1) is 97.2. The predicted molar refractivity (Wildman–Crippen MR) is 538 cm³/mol. The zero-order chi connectivity index (χ0) is 93.6. The molecular weight excluding hydrogens is 1760 g/mol. The Bertz CT molecular complexity index is 6070. The molecule has 17 aliphatic rings. The van der Waals surface area contributed by atoms with Crippen LogP contribution in [-0.2, 0) is 81.6 Å². The number of likely N-dealkylation sites (N-methyl/N-ethyl adjacent to an activating group) is 3. The number of rotatable bonds is 17. The number of carbonyl (C=O) groups excluding carboxylic acids is 1. The van der Waals surface area contributed by atoms with Gasteiger partial charge in [0.15, 0.2) is 0 Å². The predicted octanol–water partition coefficient (Wildman–Crippen LogP) is 15.1. The summed E-state index contributed by atoms with van der Waals surface area (Å²) in [5, 5.41) is 21.1. The average molecular weight is 1910 g/mol. The number of carbonyl (C=O) groups is 1. The molecule has 4 bridgehead atoms. The van der Waals surface area contributed by atoms with E-state index in [0.717, 1.165) is 135 Å². The van der Waals surface area contributed by atoms with Crippen LogP contribution in [-0.4, -0.2) is 205 Å². The third kappa shape index (κ3) is 13.9. The molecule has 133 heavy (non-hydrogen) atoms. The smallest absolute Gasteiger partial charge is 0.850 e. The number of amides is 1. The zero-order valence-corrected chi connectivity index (χ0v) is 88.2. The minimum Gasteiger partial charge on any atom is -0.850 e. The van der Waals surface area contributed by atoms with Crippen molar-refractivity contribution in [1.82, 2.24) is 14.7 Å². The fraction of sp³-hybridized carbons (Fsp3) is 0.638. The average Bonchev–Trinajstić information content (AvgIpc) is 1.48. The second-order valence-electron chi connectivity index (χ2n) is 48.3. The van der Waals surface area contributed by atoms with E-state index in [1.54, 1.807) is 20.8 Å². The van der Waals surface area contributed by atoms with Gasteiger partial charge >= 0.3 is 18.9 Å². The molecule has 4 spiro atoms. The van der Waals surface area contributed by atoms with E-state index in [1.807, 2.05) is 50.2 Å². The first-order valence-corrected chi connectivity index (χ1v) is 65.2. The van der Waals surface area contributed by atoms with Gasteiger partial charge in [-0.1, -0.05) is 204 Å². The standard InChI is InChI=1S/C34H46N4O4SSi.C34H45N3O3SSi.C32H43N3O3SSi.C4H9O.CH4.Li/c1-8-26(39)36-18-16-33-23-13-9-10-14-24(23)38(43(40,41)20-21-44(5,6)7)30-34(33)17-19-37(31(33)36)28(29-32(2,3)42-29)22-12-11-15-25(27(22)34)35(30)4;1-32(2)31(40-32)24-13-10-19-34(29(22-35)36(3)27-16-9-12-23(24)30(27)34)33-18-11-17-28(33)37(26-15-8-7-14-25(26)33)41(38,39)20-21-42(4,5)6;1-30(2)28(38-30)27-21-11-9-14-24-26(21)32-17-18-34(27)25-15-10-16-31(25,32)22-12-7-8-13-23(22)35(29(32)33(24)3)39(36,37)19-20-40(4,5)6;1-4(2,3)5;;/h9-15,28-31H,8,16-21H2,1-7H3;7-9,12,14-16,24,28-29,31H,10-11,13,17-21H2,1-6H3;7-9,11-14,25,27-29H,10,15-20H2,1-6H3;1-3H3;1H4;/q;;;-1;;+1/t28-,29+,30-,31+,33-,34-;24-,28+,29+,31+,33-,34+;25-,27-,28+,29-,31-,32-;;;/m000.../s1. The van der Waals surface area contributed by atoms with Crippen LogP contribution in [0.1, 0.15) is 228 Å². The van der Waals surface area contributed by atoms with Crippen molar-refractivity contribution in [1.29, 1.82) is 5.26 Å². The van der Waals surface area contributed by atoms with Crippen LogP contribution in [0.25, 0.3) is 0 Å². The summed E-state index contributed by atoms with van der Waals surface area (Å²) in [5.41, 5.74) is 13.8. The maximum absolute atomic E-state index is 14.8. The van der Waals surface area contributed by atoms with Crippen molar-refractivity contribution < 1.29 is 68.2 Å². The summed E-state index contributed by atoms with van der Waals surface area (Å²) in [6.45, 7) is 42.7. The molecule has 714 valence electrons. The number of nitriles is 1. The Kier molecular flexibility index (Phi) is 23.4. The number of piperidine rings is 2. The third-order valence-electron chi connectivity index (χ3n) is 35.0. The summed E-state index contributed by atoms with van der Waals surface area (Å²) in [6.07, 6.45) is 11.5. The molecule has 21 nitrogen and oxygen atoms in total. The van der Waals surface area contributed by atoms with Crippen molar-refractivity contribution in [2.45, 2.75) is 365 Å². The normalized spacial score (nSPS) is 34.6. The Morgan fingerprint density at radius 1 is 0.444 bits per heavy atom. The van der Waals surface area contributed by atoms with Crippen LogP contribution in [0.15, 0.2) is 127 Å². The Balaban J connectivity index is 0.000000129. The number of epoxide rings is 3. The fourth-order valence-electron chi connectivity index (χ4n) is 30.0. The second-order valence-corrected chi connectivity index (χ2v) is 71.0. The van der Waals surface area contributed by atoms with E-state index in [2.05, 4.69) is 254 Å². The number of sulfonamides is 3. The summed E-state index contributed by atoms with van der Waals surface area (Å²) < 4.78 is 113. The molecule has 2 saturated carbocycles.